The van der Waals surface area contributed by atoms with Gasteiger partial charge in [0.05, 0.1) is 18.4 Å². The molecule has 0 unspecified atom stereocenters. The molecule has 4 aromatic rings. The lowest BCUT2D eigenvalue weighted by Gasteiger charge is -2.30. The molecule has 0 bridgehead atoms. The SMILES string of the molecule is CN(Cc1cccnc1)c1nc(Nc2ccc(-c3cnco3)cc2)nc2c1CN(CC=O)CC2. The zero-order valence-corrected chi connectivity index (χ0v) is 18.9. The first-order chi connectivity index (χ1) is 16.7. The van der Waals surface area contributed by atoms with Gasteiger partial charge in [0.1, 0.15) is 12.1 Å². The Labute approximate surface area is 197 Å². The van der Waals surface area contributed by atoms with Crippen LogP contribution in [0.25, 0.3) is 11.3 Å². The number of oxazole rings is 1. The first-order valence-corrected chi connectivity index (χ1v) is 11.1. The molecule has 172 valence electrons. The van der Waals surface area contributed by atoms with E-state index in [-0.39, 0.29) is 0 Å². The third kappa shape index (κ3) is 4.79. The fourth-order valence-electron chi connectivity index (χ4n) is 4.13. The third-order valence-corrected chi connectivity index (χ3v) is 5.81. The summed E-state index contributed by atoms with van der Waals surface area (Å²) in [6, 6.07) is 11.8. The Balaban J connectivity index is 1.43. The number of carbonyl (C=O) groups is 1. The van der Waals surface area contributed by atoms with Gasteiger partial charge < -0.3 is 19.4 Å². The Bertz CT molecular complexity index is 1240. The molecule has 1 aromatic carbocycles. The molecule has 0 saturated heterocycles. The predicted octanol–water partition coefficient (Wildman–Crippen LogP) is 3.46. The number of fused-ring (bicyclic) bond motifs is 1. The number of rotatable bonds is 8. The highest BCUT2D eigenvalue weighted by atomic mass is 16.3. The van der Waals surface area contributed by atoms with Gasteiger partial charge in [0.15, 0.2) is 12.2 Å². The fraction of sp³-hybridized carbons (Fsp3) is 0.240. The van der Waals surface area contributed by atoms with E-state index >= 15 is 0 Å². The van der Waals surface area contributed by atoms with Crippen LogP contribution in [-0.2, 0) is 24.3 Å². The lowest BCUT2D eigenvalue weighted by molar-refractivity contribution is -0.109. The molecule has 0 radical (unpaired) electrons. The number of nitrogens with one attached hydrogen (secondary N) is 1. The normalized spacial score (nSPS) is 13.3. The molecule has 1 aliphatic heterocycles. The van der Waals surface area contributed by atoms with E-state index in [1.165, 1.54) is 6.39 Å². The molecule has 5 rings (SSSR count). The van der Waals surface area contributed by atoms with Gasteiger partial charge in [-0.15, -0.1) is 0 Å². The molecule has 9 nitrogen and oxygen atoms in total. The summed E-state index contributed by atoms with van der Waals surface area (Å²) in [7, 11) is 2.02. The number of pyridine rings is 1. The van der Waals surface area contributed by atoms with Crippen molar-refractivity contribution in [1.82, 2.24) is 24.8 Å². The maximum Gasteiger partial charge on any atom is 0.229 e. The number of anilines is 3. The lowest BCUT2D eigenvalue weighted by Crippen LogP contribution is -2.34. The van der Waals surface area contributed by atoms with Crippen molar-refractivity contribution in [3.8, 4) is 11.3 Å². The van der Waals surface area contributed by atoms with E-state index < -0.39 is 0 Å². The number of aldehydes is 1. The highest BCUT2D eigenvalue weighted by molar-refractivity contribution is 5.64. The van der Waals surface area contributed by atoms with Crippen molar-refractivity contribution in [3.63, 3.8) is 0 Å². The molecular formula is C25H25N7O2. The Hall–Kier alpha value is -4.11. The van der Waals surface area contributed by atoms with E-state index in [1.54, 1.807) is 12.4 Å². The molecular weight excluding hydrogens is 430 g/mol. The molecule has 3 aromatic heterocycles. The maximum atomic E-state index is 11.1. The monoisotopic (exact) mass is 455 g/mol. The van der Waals surface area contributed by atoms with E-state index in [9.17, 15) is 4.79 Å². The van der Waals surface area contributed by atoms with Crippen molar-refractivity contribution in [2.75, 3.05) is 30.4 Å². The molecule has 9 heteroatoms. The van der Waals surface area contributed by atoms with Crippen LogP contribution in [0.4, 0.5) is 17.5 Å². The minimum Gasteiger partial charge on any atom is -0.444 e. The summed E-state index contributed by atoms with van der Waals surface area (Å²) in [5, 5.41) is 3.34. The zero-order chi connectivity index (χ0) is 23.3. The number of aromatic nitrogens is 4. The van der Waals surface area contributed by atoms with Crippen LogP contribution >= 0.6 is 0 Å². The van der Waals surface area contributed by atoms with Gasteiger partial charge in [0, 0.05) is 62.3 Å². The van der Waals surface area contributed by atoms with Gasteiger partial charge in [-0.05, 0) is 35.9 Å². The average molecular weight is 456 g/mol. The van der Waals surface area contributed by atoms with E-state index in [0.29, 0.717) is 25.6 Å². The molecule has 34 heavy (non-hydrogen) atoms. The molecule has 0 aliphatic carbocycles. The third-order valence-electron chi connectivity index (χ3n) is 5.81. The van der Waals surface area contributed by atoms with Crippen molar-refractivity contribution < 1.29 is 9.21 Å². The molecule has 4 heterocycles. The second-order valence-electron chi connectivity index (χ2n) is 8.23. The van der Waals surface area contributed by atoms with E-state index in [1.807, 2.05) is 49.6 Å². The van der Waals surface area contributed by atoms with Crippen LogP contribution in [0.1, 0.15) is 16.8 Å². The standard InChI is InChI=1S/C25H25N7O2/c1-31(15-18-3-2-9-26-13-18)24-21-16-32(11-12-33)10-8-22(21)29-25(30-24)28-20-6-4-19(5-7-20)23-14-27-17-34-23/h2-7,9,12-14,17H,8,10-11,15-16H2,1H3,(H,28,29,30). The van der Waals surface area contributed by atoms with Crippen LogP contribution in [0.2, 0.25) is 0 Å². The van der Waals surface area contributed by atoms with Gasteiger partial charge in [-0.2, -0.15) is 4.98 Å². The molecule has 0 fully saturated rings. The quantitative estimate of drug-likeness (QED) is 0.400. The highest BCUT2D eigenvalue weighted by Crippen LogP contribution is 2.29. The molecule has 0 spiro atoms. The number of hydrogen-bond acceptors (Lipinski definition) is 9. The van der Waals surface area contributed by atoms with Crippen LogP contribution < -0.4 is 10.2 Å². The number of hydrogen-bond donors (Lipinski definition) is 1. The van der Waals surface area contributed by atoms with Gasteiger partial charge in [-0.25, -0.2) is 9.97 Å². The minimum atomic E-state index is 0.405. The van der Waals surface area contributed by atoms with Crippen molar-refractivity contribution in [3.05, 3.63) is 78.2 Å². The van der Waals surface area contributed by atoms with Gasteiger partial charge in [-0.1, -0.05) is 6.07 Å². The molecule has 0 amide bonds. The Kier molecular flexibility index (Phi) is 6.26. The number of benzene rings is 1. The summed E-state index contributed by atoms with van der Waals surface area (Å²) < 4.78 is 5.36. The summed E-state index contributed by atoms with van der Waals surface area (Å²) in [4.78, 5) is 33.2. The summed E-state index contributed by atoms with van der Waals surface area (Å²) in [6.07, 6.45) is 8.44. The molecule has 0 saturated carbocycles. The van der Waals surface area contributed by atoms with Crippen molar-refractivity contribution in [1.29, 1.82) is 0 Å². The fourth-order valence-corrected chi connectivity index (χ4v) is 4.13. The Morgan fingerprint density at radius 3 is 2.76 bits per heavy atom. The largest absolute Gasteiger partial charge is 0.444 e. The summed E-state index contributed by atoms with van der Waals surface area (Å²) in [6.45, 7) is 2.51. The van der Waals surface area contributed by atoms with Crippen molar-refractivity contribution in [2.45, 2.75) is 19.5 Å². The zero-order valence-electron chi connectivity index (χ0n) is 18.9. The van der Waals surface area contributed by atoms with Crippen LogP contribution in [0, 0.1) is 0 Å². The van der Waals surface area contributed by atoms with Crippen LogP contribution in [0.15, 0.2) is 65.8 Å². The molecule has 1 N–H and O–H groups in total. The smallest absolute Gasteiger partial charge is 0.229 e. The van der Waals surface area contributed by atoms with Gasteiger partial charge in [0.25, 0.3) is 0 Å². The first kappa shape index (κ1) is 21.7. The van der Waals surface area contributed by atoms with Gasteiger partial charge in [0.2, 0.25) is 5.95 Å². The van der Waals surface area contributed by atoms with Gasteiger partial charge in [-0.3, -0.25) is 9.88 Å². The second kappa shape index (κ2) is 9.80. The minimum absolute atomic E-state index is 0.405. The van der Waals surface area contributed by atoms with Crippen LogP contribution in [0.3, 0.4) is 0 Å². The van der Waals surface area contributed by atoms with Crippen molar-refractivity contribution in [2.24, 2.45) is 0 Å². The summed E-state index contributed by atoms with van der Waals surface area (Å²) in [5.41, 5.74) is 4.98. The first-order valence-electron chi connectivity index (χ1n) is 11.1. The molecule has 0 atom stereocenters. The summed E-state index contributed by atoms with van der Waals surface area (Å²) >= 11 is 0. The van der Waals surface area contributed by atoms with E-state index in [2.05, 4.69) is 25.1 Å². The van der Waals surface area contributed by atoms with Crippen LogP contribution in [0.5, 0.6) is 0 Å². The maximum absolute atomic E-state index is 11.1. The Morgan fingerprint density at radius 1 is 1.15 bits per heavy atom. The second-order valence-corrected chi connectivity index (χ2v) is 8.23. The van der Waals surface area contributed by atoms with Crippen LogP contribution in [-0.4, -0.2) is 51.3 Å². The van der Waals surface area contributed by atoms with E-state index in [4.69, 9.17) is 14.4 Å². The average Bonchev–Trinajstić information content (AvgIpc) is 3.40. The lowest BCUT2D eigenvalue weighted by atomic mass is 10.1. The topological polar surface area (TPSA) is 100 Å². The predicted molar refractivity (Wildman–Crippen MR) is 129 cm³/mol. The Morgan fingerprint density at radius 2 is 2.03 bits per heavy atom. The summed E-state index contributed by atoms with van der Waals surface area (Å²) in [5.74, 6) is 2.11. The van der Waals surface area contributed by atoms with Gasteiger partial charge >= 0.3 is 0 Å². The van der Waals surface area contributed by atoms with E-state index in [0.717, 1.165) is 58.9 Å². The number of carbonyl (C=O) groups excluding carboxylic acids is 1. The van der Waals surface area contributed by atoms with Crippen molar-refractivity contribution >= 4 is 23.7 Å². The molecule has 1 aliphatic rings. The number of nitrogens with zero attached hydrogens (tertiary/aromatic N) is 6. The highest BCUT2D eigenvalue weighted by Gasteiger charge is 2.24.